The van der Waals surface area contributed by atoms with Crippen molar-refractivity contribution in [3.8, 4) is 90.0 Å². The van der Waals surface area contributed by atoms with E-state index in [1.165, 1.54) is 32.7 Å². The van der Waals surface area contributed by atoms with E-state index in [2.05, 4.69) is 264 Å². The summed E-state index contributed by atoms with van der Waals surface area (Å²) in [5.74, 6) is 1.76. The van der Waals surface area contributed by atoms with Gasteiger partial charge in [-0.3, -0.25) is 0 Å². The quantitative estimate of drug-likeness (QED) is 0.145. The van der Waals surface area contributed by atoms with Gasteiger partial charge in [0, 0.05) is 49.4 Å². The molecule has 0 amide bonds. The number of benzene rings is 11. The molecule has 5 nitrogen and oxygen atoms in total. The van der Waals surface area contributed by atoms with Gasteiger partial charge >= 0.3 is 0 Å². The Balaban J connectivity index is 1.00. The van der Waals surface area contributed by atoms with Crippen molar-refractivity contribution in [3.63, 3.8) is 0 Å². The largest absolute Gasteiger partial charge is 0.309 e. The normalized spacial score (nSPS) is 11.5. The molecule has 14 rings (SSSR count). The van der Waals surface area contributed by atoms with Crippen molar-refractivity contribution in [1.82, 2.24) is 24.1 Å². The van der Waals surface area contributed by atoms with Crippen LogP contribution in [0, 0.1) is 0 Å². The van der Waals surface area contributed by atoms with E-state index >= 15 is 0 Å². The van der Waals surface area contributed by atoms with Crippen molar-refractivity contribution in [2.24, 2.45) is 0 Å². The summed E-state index contributed by atoms with van der Waals surface area (Å²) in [5, 5.41) is 4.78. The Hall–Kier alpha value is -9.97. The molecule has 11 aromatic carbocycles. The molecule has 346 valence electrons. The number of aromatic nitrogens is 5. The predicted octanol–water partition coefficient (Wildman–Crippen LogP) is 17.7. The van der Waals surface area contributed by atoms with Crippen LogP contribution in [0.3, 0.4) is 0 Å². The van der Waals surface area contributed by atoms with Gasteiger partial charge in [0.25, 0.3) is 0 Å². The Morgan fingerprint density at radius 3 is 0.878 bits per heavy atom. The molecule has 3 aromatic heterocycles. The van der Waals surface area contributed by atoms with Crippen LogP contribution < -0.4 is 0 Å². The summed E-state index contributed by atoms with van der Waals surface area (Å²) < 4.78 is 4.81. The molecule has 0 aliphatic rings. The average Bonchev–Trinajstić information content (AvgIpc) is 4.01. The molecule has 0 radical (unpaired) electrons. The summed E-state index contributed by atoms with van der Waals surface area (Å²) in [7, 11) is 0. The molecule has 0 bridgehead atoms. The number of hydrogen-bond donors (Lipinski definition) is 0. The zero-order chi connectivity index (χ0) is 49.0. The highest BCUT2D eigenvalue weighted by molar-refractivity contribution is 6.11. The Labute approximate surface area is 428 Å². The topological polar surface area (TPSA) is 48.5 Å². The van der Waals surface area contributed by atoms with Crippen LogP contribution in [0.2, 0.25) is 0 Å². The predicted molar refractivity (Wildman–Crippen MR) is 307 cm³/mol. The highest BCUT2D eigenvalue weighted by Crippen LogP contribution is 2.42. The number of para-hydroxylation sites is 4. The van der Waals surface area contributed by atoms with Gasteiger partial charge in [-0.2, -0.15) is 0 Å². The second-order valence-electron chi connectivity index (χ2n) is 18.8. The van der Waals surface area contributed by atoms with Gasteiger partial charge < -0.3 is 9.13 Å². The highest BCUT2D eigenvalue weighted by atomic mass is 15.0. The van der Waals surface area contributed by atoms with Crippen molar-refractivity contribution in [3.05, 3.63) is 273 Å². The van der Waals surface area contributed by atoms with Gasteiger partial charge in [-0.1, -0.05) is 224 Å². The lowest BCUT2D eigenvalue weighted by Crippen LogP contribution is -2.03. The first-order valence-corrected chi connectivity index (χ1v) is 25.1. The van der Waals surface area contributed by atoms with Crippen LogP contribution in [0.4, 0.5) is 0 Å². The maximum atomic E-state index is 5.47. The lowest BCUT2D eigenvalue weighted by Gasteiger charge is -2.18. The van der Waals surface area contributed by atoms with Crippen LogP contribution >= 0.6 is 0 Å². The van der Waals surface area contributed by atoms with E-state index in [4.69, 9.17) is 15.0 Å². The van der Waals surface area contributed by atoms with Crippen LogP contribution in [0.1, 0.15) is 0 Å². The van der Waals surface area contributed by atoms with Crippen molar-refractivity contribution >= 4 is 43.6 Å². The van der Waals surface area contributed by atoms with Crippen LogP contribution in [-0.2, 0) is 0 Å². The van der Waals surface area contributed by atoms with Crippen molar-refractivity contribution in [2.45, 2.75) is 0 Å². The minimum Gasteiger partial charge on any atom is -0.309 e. The first kappa shape index (κ1) is 42.9. The van der Waals surface area contributed by atoms with Gasteiger partial charge in [0.1, 0.15) is 0 Å². The van der Waals surface area contributed by atoms with E-state index in [0.717, 1.165) is 83.5 Å². The van der Waals surface area contributed by atoms with Crippen molar-refractivity contribution in [1.29, 1.82) is 0 Å². The molecule has 0 unspecified atom stereocenters. The third-order valence-electron chi connectivity index (χ3n) is 14.4. The number of rotatable bonds is 9. The fraction of sp³-hybridized carbons (Fsp3) is 0. The molecule has 3 heterocycles. The van der Waals surface area contributed by atoms with E-state index in [9.17, 15) is 0 Å². The summed E-state index contributed by atoms with van der Waals surface area (Å²) >= 11 is 0. The number of hydrogen-bond acceptors (Lipinski definition) is 3. The third-order valence-corrected chi connectivity index (χ3v) is 14.4. The van der Waals surface area contributed by atoms with E-state index in [1.807, 2.05) is 18.2 Å². The number of nitrogens with zero attached hydrogens (tertiary/aromatic N) is 5. The summed E-state index contributed by atoms with van der Waals surface area (Å²) in [5.41, 5.74) is 18.3. The minimum atomic E-state index is 0.582. The Morgan fingerprint density at radius 1 is 0.203 bits per heavy atom. The minimum absolute atomic E-state index is 0.582. The van der Waals surface area contributed by atoms with Crippen LogP contribution in [-0.4, -0.2) is 24.1 Å². The molecule has 74 heavy (non-hydrogen) atoms. The average molecular weight is 944 g/mol. The molecule has 0 saturated heterocycles. The molecular formula is C69H45N5. The molecule has 0 aliphatic carbocycles. The molecule has 0 saturated carbocycles. The summed E-state index contributed by atoms with van der Waals surface area (Å²) in [4.78, 5) is 16.1. The first-order chi connectivity index (χ1) is 36.7. The summed E-state index contributed by atoms with van der Waals surface area (Å²) in [6.45, 7) is 0. The van der Waals surface area contributed by atoms with E-state index < -0.39 is 0 Å². The van der Waals surface area contributed by atoms with Gasteiger partial charge in [0.05, 0.1) is 33.4 Å². The zero-order valence-corrected chi connectivity index (χ0v) is 40.2. The lowest BCUT2D eigenvalue weighted by molar-refractivity contribution is 1.07. The fourth-order valence-electron chi connectivity index (χ4n) is 10.9. The fourth-order valence-corrected chi connectivity index (χ4v) is 10.9. The highest BCUT2D eigenvalue weighted by Gasteiger charge is 2.22. The van der Waals surface area contributed by atoms with Crippen LogP contribution in [0.5, 0.6) is 0 Å². The molecular weight excluding hydrogens is 899 g/mol. The van der Waals surface area contributed by atoms with Gasteiger partial charge in [-0.25, -0.2) is 15.0 Å². The Bertz CT molecular complexity index is 4050. The van der Waals surface area contributed by atoms with Crippen LogP contribution in [0.15, 0.2) is 273 Å². The Morgan fingerprint density at radius 2 is 0.500 bits per heavy atom. The first-order valence-electron chi connectivity index (χ1n) is 25.1. The lowest BCUT2D eigenvalue weighted by atomic mass is 9.96. The zero-order valence-electron chi connectivity index (χ0n) is 40.2. The summed E-state index contributed by atoms with van der Waals surface area (Å²) in [6.07, 6.45) is 0. The molecule has 0 fully saturated rings. The third kappa shape index (κ3) is 7.46. The maximum Gasteiger partial charge on any atom is 0.164 e. The van der Waals surface area contributed by atoms with Crippen molar-refractivity contribution < 1.29 is 0 Å². The van der Waals surface area contributed by atoms with Crippen molar-refractivity contribution in [2.75, 3.05) is 0 Å². The van der Waals surface area contributed by atoms with E-state index in [1.54, 1.807) is 0 Å². The summed E-state index contributed by atoms with van der Waals surface area (Å²) in [6, 6.07) is 97.2. The van der Waals surface area contributed by atoms with E-state index in [-0.39, 0.29) is 0 Å². The van der Waals surface area contributed by atoms with Gasteiger partial charge in [-0.05, 0) is 81.9 Å². The van der Waals surface area contributed by atoms with E-state index in [0.29, 0.717) is 17.5 Å². The maximum absolute atomic E-state index is 5.47. The van der Waals surface area contributed by atoms with Crippen LogP contribution in [0.25, 0.3) is 134 Å². The Kier molecular flexibility index (Phi) is 10.4. The molecule has 0 aliphatic heterocycles. The standard InChI is InChI=1S/C69H45N5/c1-4-20-46(21-5-1)49-26-18-28-51(42-49)55-40-38-53(44-65(55)73-61-34-14-10-30-57(61)58-31-11-15-35-62(58)73)68-70-67(48-24-8-3-9-25-48)71-69(72-68)54-39-41-56(52-29-19-27-50(43-52)47-22-6-2-7-23-47)66(45-54)74-63-36-16-12-32-59(63)60-33-13-17-37-64(60)74/h1-45H. The second-order valence-corrected chi connectivity index (χ2v) is 18.8. The second kappa shape index (κ2) is 18.0. The number of fused-ring (bicyclic) bond motifs is 6. The smallest absolute Gasteiger partial charge is 0.164 e. The molecule has 14 aromatic rings. The van der Waals surface area contributed by atoms with Gasteiger partial charge in [-0.15, -0.1) is 0 Å². The SMILES string of the molecule is c1ccc(-c2cccc(-c3ccc(-c4nc(-c5ccccc5)nc(-c5ccc(-c6cccc(-c7ccccc7)c6)c(-n6c7ccccc7c7ccccc76)c5)n4)cc3-n3c4ccccc4c4ccccc43)c2)cc1. The monoisotopic (exact) mass is 943 g/mol. The van der Waals surface area contributed by atoms with Gasteiger partial charge in [0.2, 0.25) is 0 Å². The molecule has 0 spiro atoms. The molecule has 0 N–H and O–H groups in total. The van der Waals surface area contributed by atoms with Gasteiger partial charge in [0.15, 0.2) is 17.5 Å². The molecule has 0 atom stereocenters. The molecule has 5 heteroatoms.